The van der Waals surface area contributed by atoms with Crippen LogP contribution in [-0.4, -0.2) is 9.55 Å². The molecule has 0 saturated heterocycles. The van der Waals surface area contributed by atoms with Crippen molar-refractivity contribution in [1.82, 2.24) is 9.55 Å². The molecule has 1 aromatic heterocycles. The van der Waals surface area contributed by atoms with Gasteiger partial charge in [-0.2, -0.15) is 0 Å². The van der Waals surface area contributed by atoms with Crippen LogP contribution >= 0.6 is 0 Å². The molecule has 0 aliphatic heterocycles. The highest BCUT2D eigenvalue weighted by Crippen LogP contribution is 2.59. The van der Waals surface area contributed by atoms with Crippen LogP contribution in [0, 0.1) is 35.0 Å². The van der Waals surface area contributed by atoms with E-state index in [1.165, 1.54) is 61.2 Å². The molecule has 2 nitrogen and oxygen atoms in total. The Hall–Kier alpha value is -8.07. The van der Waals surface area contributed by atoms with Crippen LogP contribution in [0.25, 0.3) is 67.1 Å². The topological polar surface area (TPSA) is 17.8 Å². The third-order valence-corrected chi connectivity index (χ3v) is 16.8. The summed E-state index contributed by atoms with van der Waals surface area (Å²) in [5.74, 6) is 2.52. The van der Waals surface area contributed by atoms with Crippen molar-refractivity contribution in [2.24, 2.45) is 35.0 Å². The molecular weight excluding hydrogens is 881 g/mol. The van der Waals surface area contributed by atoms with E-state index < -0.39 is 0 Å². The number of hydrogen-bond donors (Lipinski definition) is 0. The third kappa shape index (κ3) is 8.29. The van der Waals surface area contributed by atoms with Crippen molar-refractivity contribution in [3.63, 3.8) is 0 Å². The molecule has 7 aromatic carbocycles. The molecule has 5 aliphatic carbocycles. The molecule has 0 amide bonds. The van der Waals surface area contributed by atoms with Crippen LogP contribution in [0.3, 0.4) is 0 Å². The van der Waals surface area contributed by atoms with Crippen LogP contribution in [0.2, 0.25) is 0 Å². The number of nitrogens with zero attached hydrogens (tertiary/aromatic N) is 2. The monoisotopic (exact) mass is 940 g/mol. The minimum atomic E-state index is -0.0319. The lowest BCUT2D eigenvalue weighted by molar-refractivity contribution is 0.271. The van der Waals surface area contributed by atoms with Crippen molar-refractivity contribution in [3.8, 4) is 39.3 Å². The van der Waals surface area contributed by atoms with Crippen molar-refractivity contribution in [3.05, 3.63) is 282 Å². The van der Waals surface area contributed by atoms with Gasteiger partial charge in [-0.1, -0.05) is 231 Å². The van der Waals surface area contributed by atoms with Gasteiger partial charge in [-0.25, -0.2) is 4.98 Å². The fourth-order valence-corrected chi connectivity index (χ4v) is 13.1. The van der Waals surface area contributed by atoms with Gasteiger partial charge in [0.15, 0.2) is 0 Å². The number of fused-ring (bicyclic) bond motifs is 3. The molecule has 6 atom stereocenters. The van der Waals surface area contributed by atoms with E-state index in [9.17, 15) is 0 Å². The van der Waals surface area contributed by atoms with Gasteiger partial charge in [0, 0.05) is 22.6 Å². The first-order chi connectivity index (χ1) is 36.0. The van der Waals surface area contributed by atoms with Gasteiger partial charge in [0.1, 0.15) is 5.82 Å². The summed E-state index contributed by atoms with van der Waals surface area (Å²) in [6.07, 6.45) is 28.7. The molecule has 0 radical (unpaired) electrons. The molecule has 73 heavy (non-hydrogen) atoms. The standard InChI is InChI=1S/C71H60N2/c1-48-40-64-65(47-63(48)52-34-36-53(37-35-52)70-72-66-32-18-19-33-67(66)73(70)60-28-14-6-15-29-60)68(57-42-54(49-22-8-3-9-23-49)41-55(43-57)50-24-10-4-11-25-50)61-30-16-17-31-62(61)69(64)58-44-56(51-26-12-5-13-27-51)45-59(46-58)71(2)38-20-7-21-39-71/h3-29,31-38,41-45,47-48,58,61,64,69H,30,39-40,46H2,1-2H3. The van der Waals surface area contributed by atoms with E-state index in [0.29, 0.717) is 23.7 Å². The molecule has 0 saturated carbocycles. The lowest BCUT2D eigenvalue weighted by Crippen LogP contribution is -2.38. The van der Waals surface area contributed by atoms with Gasteiger partial charge in [0.05, 0.1) is 11.0 Å². The summed E-state index contributed by atoms with van der Waals surface area (Å²) in [7, 11) is 0. The molecule has 0 bridgehead atoms. The summed E-state index contributed by atoms with van der Waals surface area (Å²) >= 11 is 0. The molecule has 6 unspecified atom stereocenters. The Kier molecular flexibility index (Phi) is 11.6. The number of imidazole rings is 1. The van der Waals surface area contributed by atoms with E-state index in [0.717, 1.165) is 53.8 Å². The molecule has 5 aliphatic rings. The molecule has 0 N–H and O–H groups in total. The highest BCUT2D eigenvalue weighted by Gasteiger charge is 2.47. The zero-order valence-electron chi connectivity index (χ0n) is 41.8. The van der Waals surface area contributed by atoms with Gasteiger partial charge >= 0.3 is 0 Å². The van der Waals surface area contributed by atoms with Crippen LogP contribution in [-0.2, 0) is 0 Å². The summed E-state index contributed by atoms with van der Waals surface area (Å²) in [5, 5.41) is 0. The number of hydrogen-bond acceptors (Lipinski definition) is 1. The van der Waals surface area contributed by atoms with Crippen LogP contribution in [0.1, 0.15) is 56.2 Å². The molecule has 1 heterocycles. The summed E-state index contributed by atoms with van der Waals surface area (Å²) in [6, 6.07) is 69.0. The number of aromatic nitrogens is 2. The Labute approximate surface area is 431 Å². The molecule has 0 fully saturated rings. The highest BCUT2D eigenvalue weighted by molar-refractivity contribution is 5.89. The smallest absolute Gasteiger partial charge is 0.145 e. The van der Waals surface area contributed by atoms with Gasteiger partial charge in [-0.15, -0.1) is 0 Å². The van der Waals surface area contributed by atoms with Crippen molar-refractivity contribution in [2.45, 2.75) is 39.5 Å². The molecular formula is C71H60N2. The van der Waals surface area contributed by atoms with Crippen molar-refractivity contribution < 1.29 is 0 Å². The van der Waals surface area contributed by atoms with Gasteiger partial charge < -0.3 is 0 Å². The largest absolute Gasteiger partial charge is 0.292 e. The zero-order valence-corrected chi connectivity index (χ0v) is 41.8. The quantitative estimate of drug-likeness (QED) is 0.141. The number of allylic oxidation sites excluding steroid dienone is 16. The van der Waals surface area contributed by atoms with E-state index >= 15 is 0 Å². The Morgan fingerprint density at radius 3 is 1.89 bits per heavy atom. The normalized spacial score (nSPS) is 23.3. The summed E-state index contributed by atoms with van der Waals surface area (Å²) in [5.41, 5.74) is 22.2. The highest BCUT2D eigenvalue weighted by atomic mass is 15.1. The molecule has 2 heteroatoms. The van der Waals surface area contributed by atoms with Crippen molar-refractivity contribution >= 4 is 27.8 Å². The van der Waals surface area contributed by atoms with Crippen molar-refractivity contribution in [1.29, 1.82) is 0 Å². The van der Waals surface area contributed by atoms with Gasteiger partial charge in [0.2, 0.25) is 0 Å². The fraction of sp³-hybridized carbons (Fsp3) is 0.169. The first-order valence-corrected chi connectivity index (χ1v) is 26.5. The Morgan fingerprint density at radius 2 is 1.21 bits per heavy atom. The van der Waals surface area contributed by atoms with E-state index in [4.69, 9.17) is 4.98 Å². The minimum Gasteiger partial charge on any atom is -0.292 e. The summed E-state index contributed by atoms with van der Waals surface area (Å²) in [4.78, 5) is 5.24. The SMILES string of the molecule is CC1CC2C(=C(c3cc(-c4ccccc4)cc(-c4ccccc4)c3)C3CC=CC=C3C2C2C=C(c3ccccc3)C=C(C3(C)C=CC=CC3)C2)C=C1c1ccc(-c2nc3ccccc3n2-c2ccccc2)cc1. The lowest BCUT2D eigenvalue weighted by Gasteiger charge is -2.49. The molecule has 8 aromatic rings. The Bertz CT molecular complexity index is 3570. The van der Waals surface area contributed by atoms with Crippen LogP contribution in [0.15, 0.2) is 266 Å². The number of rotatable bonds is 9. The maximum absolute atomic E-state index is 5.24. The predicted octanol–water partition coefficient (Wildman–Crippen LogP) is 18.2. The van der Waals surface area contributed by atoms with E-state index in [2.05, 4.69) is 267 Å². The first kappa shape index (κ1) is 44.8. The number of benzene rings is 7. The van der Waals surface area contributed by atoms with Crippen LogP contribution in [0.4, 0.5) is 0 Å². The second kappa shape index (κ2) is 18.8. The van der Waals surface area contributed by atoms with Crippen molar-refractivity contribution in [2.75, 3.05) is 0 Å². The van der Waals surface area contributed by atoms with Gasteiger partial charge in [-0.3, -0.25) is 4.57 Å². The first-order valence-electron chi connectivity index (χ1n) is 26.5. The summed E-state index contributed by atoms with van der Waals surface area (Å²) < 4.78 is 2.30. The fourth-order valence-electron chi connectivity index (χ4n) is 13.1. The molecule has 0 spiro atoms. The van der Waals surface area contributed by atoms with Gasteiger partial charge in [-0.05, 0) is 153 Å². The maximum atomic E-state index is 5.24. The van der Waals surface area contributed by atoms with E-state index in [1.54, 1.807) is 11.1 Å². The number of para-hydroxylation sites is 3. The lowest BCUT2D eigenvalue weighted by atomic mass is 9.54. The Morgan fingerprint density at radius 1 is 0.575 bits per heavy atom. The maximum Gasteiger partial charge on any atom is 0.145 e. The average Bonchev–Trinajstić information content (AvgIpc) is 3.85. The molecule has 354 valence electrons. The molecule has 13 rings (SSSR count). The van der Waals surface area contributed by atoms with E-state index in [-0.39, 0.29) is 11.3 Å². The second-order valence-corrected chi connectivity index (χ2v) is 21.3. The second-order valence-electron chi connectivity index (χ2n) is 21.3. The zero-order chi connectivity index (χ0) is 48.9. The Balaban J connectivity index is 0.998. The van der Waals surface area contributed by atoms with Crippen LogP contribution < -0.4 is 0 Å². The third-order valence-electron chi connectivity index (χ3n) is 16.8. The average molecular weight is 941 g/mol. The van der Waals surface area contributed by atoms with E-state index in [1.807, 2.05) is 0 Å². The minimum absolute atomic E-state index is 0.0319. The summed E-state index contributed by atoms with van der Waals surface area (Å²) in [6.45, 7) is 4.95. The van der Waals surface area contributed by atoms with Gasteiger partial charge in [0.25, 0.3) is 0 Å². The predicted molar refractivity (Wildman–Crippen MR) is 306 cm³/mol. The van der Waals surface area contributed by atoms with Crippen LogP contribution in [0.5, 0.6) is 0 Å².